The van der Waals surface area contributed by atoms with Crippen LogP contribution in [0.15, 0.2) is 39.1 Å². The Balaban J connectivity index is 2.31. The Bertz CT molecular complexity index is 672. The molecule has 112 valence electrons. The van der Waals surface area contributed by atoms with Crippen molar-refractivity contribution in [2.75, 3.05) is 7.05 Å². The number of rotatable bonds is 6. The van der Waals surface area contributed by atoms with E-state index in [9.17, 15) is 9.18 Å². The highest BCUT2D eigenvalue weighted by Gasteiger charge is 2.08. The van der Waals surface area contributed by atoms with Crippen molar-refractivity contribution in [2.24, 2.45) is 0 Å². The number of nitrogens with zero attached hydrogens (tertiary/aromatic N) is 1. The summed E-state index contributed by atoms with van der Waals surface area (Å²) in [5.41, 5.74) is 1.46. The first kappa shape index (κ1) is 15.7. The van der Waals surface area contributed by atoms with E-state index in [0.717, 1.165) is 29.0 Å². The van der Waals surface area contributed by atoms with Crippen molar-refractivity contribution in [3.8, 4) is 0 Å². The van der Waals surface area contributed by atoms with Crippen molar-refractivity contribution in [1.82, 2.24) is 15.3 Å². The Kier molecular flexibility index (Phi) is 5.52. The first-order valence-corrected chi connectivity index (χ1v) is 7.65. The Morgan fingerprint density at radius 3 is 2.90 bits per heavy atom. The van der Waals surface area contributed by atoms with Gasteiger partial charge in [0.1, 0.15) is 5.82 Å². The summed E-state index contributed by atoms with van der Waals surface area (Å²) in [5, 5.41) is 3.55. The van der Waals surface area contributed by atoms with Crippen LogP contribution in [0.5, 0.6) is 0 Å². The van der Waals surface area contributed by atoms with Crippen molar-refractivity contribution in [2.45, 2.75) is 36.4 Å². The number of H-pyrrole nitrogens is 1. The molecule has 0 amide bonds. The van der Waals surface area contributed by atoms with Crippen LogP contribution in [0.1, 0.15) is 24.6 Å². The van der Waals surface area contributed by atoms with Gasteiger partial charge in [-0.25, -0.2) is 9.37 Å². The molecule has 0 atom stereocenters. The Morgan fingerprint density at radius 2 is 2.19 bits per heavy atom. The van der Waals surface area contributed by atoms with E-state index < -0.39 is 0 Å². The van der Waals surface area contributed by atoms with E-state index in [2.05, 4.69) is 15.3 Å². The lowest BCUT2D eigenvalue weighted by Crippen LogP contribution is -2.10. The first-order chi connectivity index (χ1) is 10.1. The molecule has 0 spiro atoms. The number of hydrogen-bond donors (Lipinski definition) is 2. The number of nitrogens with one attached hydrogen (secondary N) is 2. The molecule has 2 rings (SSSR count). The van der Waals surface area contributed by atoms with Gasteiger partial charge in [-0.05, 0) is 37.2 Å². The fourth-order valence-corrected chi connectivity index (χ4v) is 2.92. The molecule has 2 aromatic rings. The Hall–Kier alpha value is -1.66. The third-order valence-corrected chi connectivity index (χ3v) is 3.88. The summed E-state index contributed by atoms with van der Waals surface area (Å²) >= 11 is 1.34. The van der Waals surface area contributed by atoms with Gasteiger partial charge in [0, 0.05) is 23.2 Å². The molecule has 0 saturated carbocycles. The predicted molar refractivity (Wildman–Crippen MR) is 82.1 cm³/mol. The van der Waals surface area contributed by atoms with Crippen molar-refractivity contribution in [1.29, 1.82) is 0 Å². The van der Waals surface area contributed by atoms with Gasteiger partial charge in [-0.2, -0.15) is 0 Å². The fourth-order valence-electron chi connectivity index (χ4n) is 2.00. The second kappa shape index (κ2) is 7.38. The molecule has 1 aromatic carbocycles. The van der Waals surface area contributed by atoms with Crippen LogP contribution in [-0.4, -0.2) is 17.0 Å². The van der Waals surface area contributed by atoms with Gasteiger partial charge in [0.25, 0.3) is 5.56 Å². The summed E-state index contributed by atoms with van der Waals surface area (Å²) in [6, 6.07) is 6.13. The second-order valence-corrected chi connectivity index (χ2v) is 5.71. The standard InChI is InChI=1S/C15H18FN3OS/c1-3-4-12-8-14(20)19-15(18-12)21-13-6-5-11(16)7-10(13)9-17-2/h5-8,17H,3-4,9H2,1-2H3,(H,18,19,20). The van der Waals surface area contributed by atoms with E-state index in [1.807, 2.05) is 6.92 Å². The van der Waals surface area contributed by atoms with E-state index in [4.69, 9.17) is 0 Å². The maximum Gasteiger partial charge on any atom is 0.251 e. The summed E-state index contributed by atoms with van der Waals surface area (Å²) < 4.78 is 13.3. The Morgan fingerprint density at radius 1 is 1.38 bits per heavy atom. The minimum atomic E-state index is -0.272. The van der Waals surface area contributed by atoms with Gasteiger partial charge >= 0.3 is 0 Å². The van der Waals surface area contributed by atoms with Crippen LogP contribution in [0, 0.1) is 5.82 Å². The van der Waals surface area contributed by atoms with Crippen LogP contribution in [0.3, 0.4) is 0 Å². The van der Waals surface area contributed by atoms with E-state index in [1.165, 1.54) is 30.0 Å². The summed E-state index contributed by atoms with van der Waals surface area (Å²) in [7, 11) is 1.81. The van der Waals surface area contributed by atoms with E-state index >= 15 is 0 Å². The summed E-state index contributed by atoms with van der Waals surface area (Å²) in [5.74, 6) is -0.272. The number of aromatic amines is 1. The van der Waals surface area contributed by atoms with E-state index in [-0.39, 0.29) is 11.4 Å². The van der Waals surface area contributed by atoms with Crippen molar-refractivity contribution in [3.05, 3.63) is 51.7 Å². The van der Waals surface area contributed by atoms with Gasteiger partial charge < -0.3 is 10.3 Å². The van der Waals surface area contributed by atoms with Gasteiger partial charge in [-0.15, -0.1) is 0 Å². The van der Waals surface area contributed by atoms with Crippen LogP contribution >= 0.6 is 11.8 Å². The van der Waals surface area contributed by atoms with Gasteiger partial charge in [0.15, 0.2) is 5.16 Å². The zero-order chi connectivity index (χ0) is 15.2. The molecule has 0 radical (unpaired) electrons. The predicted octanol–water partition coefficient (Wildman–Crippen LogP) is 2.73. The van der Waals surface area contributed by atoms with Crippen molar-refractivity contribution >= 4 is 11.8 Å². The highest BCUT2D eigenvalue weighted by molar-refractivity contribution is 7.99. The molecule has 0 aliphatic heterocycles. The van der Waals surface area contributed by atoms with Crippen molar-refractivity contribution < 1.29 is 4.39 Å². The van der Waals surface area contributed by atoms with Crippen LogP contribution in [0.4, 0.5) is 4.39 Å². The molecular formula is C15H18FN3OS. The first-order valence-electron chi connectivity index (χ1n) is 6.83. The third kappa shape index (κ3) is 4.41. The largest absolute Gasteiger partial charge is 0.316 e. The molecule has 6 heteroatoms. The van der Waals surface area contributed by atoms with E-state index in [0.29, 0.717) is 11.7 Å². The minimum Gasteiger partial charge on any atom is -0.316 e. The lowest BCUT2D eigenvalue weighted by molar-refractivity contribution is 0.621. The maximum absolute atomic E-state index is 13.3. The summed E-state index contributed by atoms with van der Waals surface area (Å²) in [4.78, 5) is 19.7. The fraction of sp³-hybridized carbons (Fsp3) is 0.333. The highest BCUT2D eigenvalue weighted by atomic mass is 32.2. The lowest BCUT2D eigenvalue weighted by Gasteiger charge is -2.09. The van der Waals surface area contributed by atoms with Crippen LogP contribution < -0.4 is 10.9 Å². The van der Waals surface area contributed by atoms with Gasteiger partial charge in [-0.3, -0.25) is 4.79 Å². The topological polar surface area (TPSA) is 57.8 Å². The maximum atomic E-state index is 13.3. The molecule has 2 N–H and O–H groups in total. The molecular weight excluding hydrogens is 289 g/mol. The van der Waals surface area contributed by atoms with Gasteiger partial charge in [0.05, 0.1) is 0 Å². The van der Waals surface area contributed by atoms with Crippen molar-refractivity contribution in [3.63, 3.8) is 0 Å². The summed E-state index contributed by atoms with van der Waals surface area (Å²) in [6.45, 7) is 2.60. The normalized spacial score (nSPS) is 10.8. The Labute approximate surface area is 127 Å². The third-order valence-electron chi connectivity index (χ3n) is 2.88. The van der Waals surface area contributed by atoms with Crippen LogP contribution in [-0.2, 0) is 13.0 Å². The number of benzene rings is 1. The van der Waals surface area contributed by atoms with Gasteiger partial charge in [0.2, 0.25) is 0 Å². The monoisotopic (exact) mass is 307 g/mol. The lowest BCUT2D eigenvalue weighted by atomic mass is 10.2. The number of hydrogen-bond acceptors (Lipinski definition) is 4. The molecule has 0 aliphatic carbocycles. The SMILES string of the molecule is CCCc1cc(=O)[nH]c(Sc2ccc(F)cc2CNC)n1. The van der Waals surface area contributed by atoms with Gasteiger partial charge in [-0.1, -0.05) is 25.1 Å². The smallest absolute Gasteiger partial charge is 0.251 e. The molecule has 0 unspecified atom stereocenters. The molecule has 1 aromatic heterocycles. The molecule has 21 heavy (non-hydrogen) atoms. The number of aryl methyl sites for hydroxylation is 1. The highest BCUT2D eigenvalue weighted by Crippen LogP contribution is 2.28. The number of halogens is 1. The molecule has 0 saturated heterocycles. The number of aromatic nitrogens is 2. The van der Waals surface area contributed by atoms with E-state index in [1.54, 1.807) is 13.1 Å². The zero-order valence-electron chi connectivity index (χ0n) is 12.1. The molecule has 1 heterocycles. The second-order valence-electron chi connectivity index (χ2n) is 4.68. The van der Waals surface area contributed by atoms with Crippen LogP contribution in [0.25, 0.3) is 0 Å². The minimum absolute atomic E-state index is 0.159. The zero-order valence-corrected chi connectivity index (χ0v) is 12.9. The van der Waals surface area contributed by atoms with Crippen LogP contribution in [0.2, 0.25) is 0 Å². The quantitative estimate of drug-likeness (QED) is 0.806. The average Bonchev–Trinajstić information content (AvgIpc) is 2.42. The molecule has 0 bridgehead atoms. The molecule has 0 fully saturated rings. The molecule has 0 aliphatic rings. The molecule has 4 nitrogen and oxygen atoms in total. The average molecular weight is 307 g/mol. The summed E-state index contributed by atoms with van der Waals surface area (Å²) in [6.07, 6.45) is 1.70.